The molecule has 0 aliphatic carbocycles. The molecule has 16 heavy (non-hydrogen) atoms. The summed E-state index contributed by atoms with van der Waals surface area (Å²) in [5, 5.41) is 8.42. The second-order valence-corrected chi connectivity index (χ2v) is 3.76. The third-order valence-corrected chi connectivity index (χ3v) is 2.39. The highest BCUT2D eigenvalue weighted by atomic mass is 35.5. The van der Waals surface area contributed by atoms with Crippen molar-refractivity contribution in [1.29, 1.82) is 0 Å². The molecule has 0 atom stereocenters. The number of benzene rings is 1. The number of hydrogen-bond acceptors (Lipinski definition) is 3. The van der Waals surface area contributed by atoms with E-state index in [2.05, 4.69) is 10.2 Å². The SMILES string of the molecule is ClCc1ccc(Oc2ccc(Cl)cc2)nn1. The van der Waals surface area contributed by atoms with E-state index in [-0.39, 0.29) is 0 Å². The zero-order valence-electron chi connectivity index (χ0n) is 8.23. The lowest BCUT2D eigenvalue weighted by Crippen LogP contribution is -1.93. The average Bonchev–Trinajstić information content (AvgIpc) is 2.33. The molecule has 1 heterocycles. The zero-order chi connectivity index (χ0) is 11.4. The van der Waals surface area contributed by atoms with E-state index in [9.17, 15) is 0 Å². The van der Waals surface area contributed by atoms with Crippen molar-refractivity contribution in [2.75, 3.05) is 0 Å². The number of aromatic nitrogens is 2. The maximum Gasteiger partial charge on any atom is 0.238 e. The minimum absolute atomic E-state index is 0.341. The van der Waals surface area contributed by atoms with E-state index in [1.54, 1.807) is 36.4 Å². The highest BCUT2D eigenvalue weighted by molar-refractivity contribution is 6.30. The number of halogens is 2. The van der Waals surface area contributed by atoms with Gasteiger partial charge in [-0.05, 0) is 30.3 Å². The van der Waals surface area contributed by atoms with Crippen LogP contribution in [0.2, 0.25) is 5.02 Å². The fourth-order valence-corrected chi connectivity index (χ4v) is 1.37. The van der Waals surface area contributed by atoms with Gasteiger partial charge in [0.15, 0.2) is 0 Å². The Bertz CT molecular complexity index is 456. The quantitative estimate of drug-likeness (QED) is 0.785. The van der Waals surface area contributed by atoms with Crippen molar-refractivity contribution in [3.05, 3.63) is 47.1 Å². The molecule has 0 aliphatic heterocycles. The molecule has 3 nitrogen and oxygen atoms in total. The summed E-state index contributed by atoms with van der Waals surface area (Å²) in [4.78, 5) is 0. The van der Waals surface area contributed by atoms with Crippen LogP contribution in [0.4, 0.5) is 0 Å². The van der Waals surface area contributed by atoms with Gasteiger partial charge in [-0.2, -0.15) is 5.10 Å². The first-order chi connectivity index (χ1) is 7.78. The van der Waals surface area contributed by atoms with E-state index < -0.39 is 0 Å². The van der Waals surface area contributed by atoms with Crippen molar-refractivity contribution in [3.8, 4) is 11.6 Å². The normalized spacial score (nSPS) is 10.1. The molecule has 5 heteroatoms. The fraction of sp³-hybridized carbons (Fsp3) is 0.0909. The molecule has 1 aromatic carbocycles. The second-order valence-electron chi connectivity index (χ2n) is 3.05. The first kappa shape index (κ1) is 11.2. The smallest absolute Gasteiger partial charge is 0.238 e. The fourth-order valence-electron chi connectivity index (χ4n) is 1.10. The van der Waals surface area contributed by atoms with Gasteiger partial charge in [0.25, 0.3) is 0 Å². The number of ether oxygens (including phenoxy) is 1. The second kappa shape index (κ2) is 5.14. The summed E-state index contributed by atoms with van der Waals surface area (Å²) in [5.41, 5.74) is 0.713. The van der Waals surface area contributed by atoms with E-state index in [0.29, 0.717) is 28.2 Å². The number of rotatable bonds is 3. The van der Waals surface area contributed by atoms with E-state index in [1.165, 1.54) is 0 Å². The Hall–Kier alpha value is -1.32. The van der Waals surface area contributed by atoms with Crippen LogP contribution in [0.25, 0.3) is 0 Å². The monoisotopic (exact) mass is 254 g/mol. The first-order valence-corrected chi connectivity index (χ1v) is 5.51. The maximum atomic E-state index is 5.76. The Kier molecular flexibility index (Phi) is 3.59. The van der Waals surface area contributed by atoms with Crippen molar-refractivity contribution in [1.82, 2.24) is 10.2 Å². The summed E-state index contributed by atoms with van der Waals surface area (Å²) in [6.07, 6.45) is 0. The molecule has 1 aromatic heterocycles. The third kappa shape index (κ3) is 2.84. The van der Waals surface area contributed by atoms with Gasteiger partial charge in [-0.1, -0.05) is 11.6 Å². The predicted octanol–water partition coefficient (Wildman–Crippen LogP) is 3.66. The molecule has 0 unspecified atom stereocenters. The molecule has 0 aliphatic rings. The molecule has 82 valence electrons. The average molecular weight is 255 g/mol. The lowest BCUT2D eigenvalue weighted by Gasteiger charge is -2.03. The lowest BCUT2D eigenvalue weighted by atomic mass is 10.3. The summed E-state index contributed by atoms with van der Waals surface area (Å²) < 4.78 is 5.46. The molecule has 0 saturated carbocycles. The van der Waals surface area contributed by atoms with Crippen molar-refractivity contribution in [2.24, 2.45) is 0 Å². The van der Waals surface area contributed by atoms with Crippen LogP contribution < -0.4 is 4.74 Å². The Morgan fingerprint density at radius 3 is 2.31 bits per heavy atom. The van der Waals surface area contributed by atoms with Crippen LogP contribution in [0.5, 0.6) is 11.6 Å². The van der Waals surface area contributed by atoms with E-state index >= 15 is 0 Å². The summed E-state index contributed by atoms with van der Waals surface area (Å²) in [6, 6.07) is 10.5. The summed E-state index contributed by atoms with van der Waals surface area (Å²) >= 11 is 11.4. The molecule has 0 amide bonds. The van der Waals surface area contributed by atoms with Gasteiger partial charge in [-0.3, -0.25) is 0 Å². The Labute approximate surface area is 103 Å². The molecule has 2 aromatic rings. The highest BCUT2D eigenvalue weighted by Crippen LogP contribution is 2.20. The minimum Gasteiger partial charge on any atom is -0.438 e. The standard InChI is InChI=1S/C11H8Cl2N2O/c12-7-9-3-6-11(15-14-9)16-10-4-1-8(13)2-5-10/h1-6H,7H2. The van der Waals surface area contributed by atoms with Crippen LogP contribution in [-0.4, -0.2) is 10.2 Å². The molecule has 2 rings (SSSR count). The van der Waals surface area contributed by atoms with Gasteiger partial charge < -0.3 is 4.74 Å². The largest absolute Gasteiger partial charge is 0.438 e. The van der Waals surface area contributed by atoms with Gasteiger partial charge in [0.2, 0.25) is 5.88 Å². The number of hydrogen-bond donors (Lipinski definition) is 0. The van der Waals surface area contributed by atoms with E-state index in [4.69, 9.17) is 27.9 Å². The minimum atomic E-state index is 0.341. The van der Waals surface area contributed by atoms with E-state index in [1.807, 2.05) is 0 Å². The van der Waals surface area contributed by atoms with Crippen LogP contribution in [0, 0.1) is 0 Å². The molecule has 0 N–H and O–H groups in total. The van der Waals surface area contributed by atoms with Gasteiger partial charge in [-0.15, -0.1) is 16.7 Å². The van der Waals surface area contributed by atoms with Crippen LogP contribution in [0.1, 0.15) is 5.69 Å². The lowest BCUT2D eigenvalue weighted by molar-refractivity contribution is 0.454. The summed E-state index contributed by atoms with van der Waals surface area (Å²) in [6.45, 7) is 0. The van der Waals surface area contributed by atoms with Crippen molar-refractivity contribution < 1.29 is 4.74 Å². The van der Waals surface area contributed by atoms with Crippen LogP contribution in [0.15, 0.2) is 36.4 Å². The highest BCUT2D eigenvalue weighted by Gasteiger charge is 2.00. The van der Waals surface area contributed by atoms with Gasteiger partial charge in [0, 0.05) is 11.1 Å². The van der Waals surface area contributed by atoms with Gasteiger partial charge in [0.1, 0.15) is 5.75 Å². The van der Waals surface area contributed by atoms with Crippen LogP contribution in [-0.2, 0) is 5.88 Å². The van der Waals surface area contributed by atoms with Gasteiger partial charge >= 0.3 is 0 Å². The maximum absolute atomic E-state index is 5.76. The first-order valence-electron chi connectivity index (χ1n) is 4.60. The zero-order valence-corrected chi connectivity index (χ0v) is 9.74. The summed E-state index contributed by atoms with van der Waals surface area (Å²) in [7, 11) is 0. The van der Waals surface area contributed by atoms with Crippen LogP contribution >= 0.6 is 23.2 Å². The molecular formula is C11H8Cl2N2O. The van der Waals surface area contributed by atoms with Crippen molar-refractivity contribution in [3.63, 3.8) is 0 Å². The summed E-state index contributed by atoms with van der Waals surface area (Å²) in [5.74, 6) is 1.43. The number of nitrogens with zero attached hydrogens (tertiary/aromatic N) is 2. The van der Waals surface area contributed by atoms with Gasteiger partial charge in [-0.25, -0.2) is 0 Å². The van der Waals surface area contributed by atoms with Crippen molar-refractivity contribution >= 4 is 23.2 Å². The van der Waals surface area contributed by atoms with E-state index in [0.717, 1.165) is 0 Å². The van der Waals surface area contributed by atoms with Gasteiger partial charge in [0.05, 0.1) is 11.6 Å². The topological polar surface area (TPSA) is 35.0 Å². The molecule has 0 spiro atoms. The molecular weight excluding hydrogens is 247 g/mol. The molecule has 0 radical (unpaired) electrons. The van der Waals surface area contributed by atoms with Crippen molar-refractivity contribution in [2.45, 2.75) is 5.88 Å². The van der Waals surface area contributed by atoms with Crippen LogP contribution in [0.3, 0.4) is 0 Å². The number of alkyl halides is 1. The third-order valence-electron chi connectivity index (χ3n) is 1.87. The predicted molar refractivity (Wildman–Crippen MR) is 63.1 cm³/mol. The molecule has 0 bridgehead atoms. The Morgan fingerprint density at radius 1 is 1.00 bits per heavy atom. The molecule has 0 saturated heterocycles. The Morgan fingerprint density at radius 2 is 1.75 bits per heavy atom. The Balaban J connectivity index is 2.11. The molecule has 0 fully saturated rings.